The molecule has 24 heavy (non-hydrogen) atoms. The molecule has 2 atom stereocenters. The Labute approximate surface area is 150 Å². The summed E-state index contributed by atoms with van der Waals surface area (Å²) in [6.45, 7) is 1.55. The Bertz CT molecular complexity index is 824. The highest BCUT2D eigenvalue weighted by atomic mass is 35.5. The molecule has 2 heterocycles. The molecular weight excluding hydrogens is 379 g/mol. The number of phenols is 2. The minimum atomic E-state index is -1.32. The number of carboxylic acids is 1. The molecule has 3 rings (SSSR count). The number of rotatable bonds is 2. The van der Waals surface area contributed by atoms with Crippen molar-refractivity contribution in [1.82, 2.24) is 4.90 Å². The number of nitrogens with zero attached hydrogens (tertiary/aromatic N) is 1. The van der Waals surface area contributed by atoms with Crippen molar-refractivity contribution in [1.29, 1.82) is 0 Å². The number of carbonyl (C=O) groups excluding carboxylic acids is 1. The van der Waals surface area contributed by atoms with Gasteiger partial charge in [0.2, 0.25) is 0 Å². The van der Waals surface area contributed by atoms with Crippen LogP contribution in [0.1, 0.15) is 12.5 Å². The molecule has 1 saturated heterocycles. The zero-order chi connectivity index (χ0) is 18.0. The highest BCUT2D eigenvalue weighted by molar-refractivity contribution is 8.00. The maximum Gasteiger partial charge on any atom is 0.352 e. The summed E-state index contributed by atoms with van der Waals surface area (Å²) in [5.74, 6) is -2.89. The lowest BCUT2D eigenvalue weighted by molar-refractivity contribution is -0.153. The number of carbonyl (C=O) groups is 2. The summed E-state index contributed by atoms with van der Waals surface area (Å²) in [5.41, 5.74) is 4.87. The van der Waals surface area contributed by atoms with Gasteiger partial charge in [-0.05, 0) is 13.0 Å². The maximum atomic E-state index is 12.2. The standard InChI is InChI=1S/C14H12Cl2N2O5S/c1-14(17)12(23)18-8(11(21)22)5(3-24-13(14)18)4-2-6(15)9(19)10(20)7(4)16/h2,13,19-20H,3,17H2,1H3,(H,21,22)/t13-,14?/m0/s1. The van der Waals surface area contributed by atoms with Crippen LogP contribution in [-0.2, 0) is 9.59 Å². The number of aromatic hydroxyl groups is 2. The van der Waals surface area contributed by atoms with E-state index >= 15 is 0 Å². The number of fused-ring (bicyclic) bond motifs is 1. The quantitative estimate of drug-likeness (QED) is 0.448. The van der Waals surface area contributed by atoms with E-state index in [9.17, 15) is 24.9 Å². The molecule has 1 fully saturated rings. The number of β-lactam (4-membered cyclic amide) rings is 1. The van der Waals surface area contributed by atoms with Crippen LogP contribution >= 0.6 is 35.0 Å². The third-order valence-corrected chi connectivity index (χ3v) is 6.18. The summed E-state index contributed by atoms with van der Waals surface area (Å²) in [6, 6.07) is 1.25. The summed E-state index contributed by atoms with van der Waals surface area (Å²) in [4.78, 5) is 25.1. The van der Waals surface area contributed by atoms with Gasteiger partial charge in [-0.15, -0.1) is 11.8 Å². The fraction of sp³-hybridized carbons (Fsp3) is 0.286. The molecule has 10 heteroatoms. The molecule has 1 aromatic carbocycles. The van der Waals surface area contributed by atoms with Crippen molar-refractivity contribution in [3.05, 3.63) is 27.4 Å². The van der Waals surface area contributed by atoms with Gasteiger partial charge >= 0.3 is 5.97 Å². The second-order valence-corrected chi connectivity index (χ2v) is 7.52. The molecule has 1 amide bonds. The van der Waals surface area contributed by atoms with Gasteiger partial charge in [0.25, 0.3) is 5.91 Å². The zero-order valence-electron chi connectivity index (χ0n) is 12.2. The van der Waals surface area contributed by atoms with E-state index in [4.69, 9.17) is 28.9 Å². The summed E-state index contributed by atoms with van der Waals surface area (Å²) in [7, 11) is 0. The van der Waals surface area contributed by atoms with Crippen LogP contribution in [0.25, 0.3) is 5.57 Å². The van der Waals surface area contributed by atoms with Crippen molar-refractivity contribution in [3.8, 4) is 11.5 Å². The van der Waals surface area contributed by atoms with Crippen LogP contribution in [0.15, 0.2) is 11.8 Å². The first-order valence-electron chi connectivity index (χ1n) is 6.70. The van der Waals surface area contributed by atoms with Gasteiger partial charge in [0.1, 0.15) is 16.6 Å². The van der Waals surface area contributed by atoms with Crippen molar-refractivity contribution < 1.29 is 24.9 Å². The van der Waals surface area contributed by atoms with Crippen LogP contribution < -0.4 is 5.73 Å². The van der Waals surface area contributed by atoms with Crippen LogP contribution in [0.5, 0.6) is 11.5 Å². The zero-order valence-corrected chi connectivity index (χ0v) is 14.5. The Morgan fingerprint density at radius 1 is 1.42 bits per heavy atom. The number of nitrogens with two attached hydrogens (primary N) is 1. The van der Waals surface area contributed by atoms with Gasteiger partial charge in [0.15, 0.2) is 11.5 Å². The van der Waals surface area contributed by atoms with E-state index < -0.39 is 34.3 Å². The minimum Gasteiger partial charge on any atom is -0.503 e. The topological polar surface area (TPSA) is 124 Å². The average Bonchev–Trinajstić information content (AvgIpc) is 2.54. The second kappa shape index (κ2) is 5.45. The molecular formula is C14H12Cl2N2O5S. The van der Waals surface area contributed by atoms with Gasteiger partial charge in [-0.2, -0.15) is 0 Å². The number of phenolic OH excluding ortho intramolecular Hbond substituents is 2. The lowest BCUT2D eigenvalue weighted by atomic mass is 9.89. The third kappa shape index (κ3) is 2.17. The van der Waals surface area contributed by atoms with Crippen LogP contribution in [0.4, 0.5) is 0 Å². The predicted molar refractivity (Wildman–Crippen MR) is 90.0 cm³/mol. The molecule has 7 nitrogen and oxygen atoms in total. The summed E-state index contributed by atoms with van der Waals surface area (Å²) in [5, 5.41) is 28.1. The SMILES string of the molecule is CC1(N)C(=O)N2C(C(=O)O)=C(c3cc(Cl)c(O)c(O)c3Cl)CS[C@H]21. The summed E-state index contributed by atoms with van der Waals surface area (Å²) in [6.07, 6.45) is 0. The van der Waals surface area contributed by atoms with E-state index in [1.165, 1.54) is 17.8 Å². The monoisotopic (exact) mass is 390 g/mol. The Kier molecular flexibility index (Phi) is 3.91. The second-order valence-electron chi connectivity index (χ2n) is 5.67. The number of benzene rings is 1. The first-order chi connectivity index (χ1) is 11.1. The van der Waals surface area contributed by atoms with E-state index in [2.05, 4.69) is 0 Å². The van der Waals surface area contributed by atoms with Crippen LogP contribution in [0.3, 0.4) is 0 Å². The van der Waals surface area contributed by atoms with Crippen molar-refractivity contribution >= 4 is 52.4 Å². The molecule has 0 aromatic heterocycles. The number of halogens is 2. The molecule has 1 unspecified atom stereocenters. The highest BCUT2D eigenvalue weighted by Gasteiger charge is 2.60. The molecule has 0 spiro atoms. The molecule has 2 aliphatic rings. The third-order valence-electron chi connectivity index (χ3n) is 4.03. The Morgan fingerprint density at radius 2 is 2.04 bits per heavy atom. The largest absolute Gasteiger partial charge is 0.503 e. The number of hydrogen-bond acceptors (Lipinski definition) is 6. The lowest BCUT2D eigenvalue weighted by Gasteiger charge is -2.54. The fourth-order valence-corrected chi connectivity index (χ4v) is 4.65. The van der Waals surface area contributed by atoms with E-state index in [-0.39, 0.29) is 32.6 Å². The van der Waals surface area contributed by atoms with E-state index in [1.54, 1.807) is 6.92 Å². The van der Waals surface area contributed by atoms with Crippen LogP contribution in [-0.4, -0.2) is 48.8 Å². The van der Waals surface area contributed by atoms with E-state index in [0.29, 0.717) is 0 Å². The van der Waals surface area contributed by atoms with Crippen LogP contribution in [0, 0.1) is 0 Å². The van der Waals surface area contributed by atoms with E-state index in [1.807, 2.05) is 0 Å². The highest BCUT2D eigenvalue weighted by Crippen LogP contribution is 2.50. The normalized spacial score (nSPS) is 26.2. The molecule has 0 aliphatic carbocycles. The molecule has 0 radical (unpaired) electrons. The van der Waals surface area contributed by atoms with Crippen molar-refractivity contribution in [3.63, 3.8) is 0 Å². The fourth-order valence-electron chi connectivity index (χ4n) is 2.78. The predicted octanol–water partition coefficient (Wildman–Crippen LogP) is 1.83. The average molecular weight is 391 g/mol. The molecule has 2 aliphatic heterocycles. The van der Waals surface area contributed by atoms with Gasteiger partial charge in [-0.3, -0.25) is 9.69 Å². The number of hydrogen-bond donors (Lipinski definition) is 4. The van der Waals surface area contributed by atoms with Crippen molar-refractivity contribution in [2.45, 2.75) is 17.8 Å². The van der Waals surface area contributed by atoms with Gasteiger partial charge < -0.3 is 21.1 Å². The first-order valence-corrected chi connectivity index (χ1v) is 8.50. The lowest BCUT2D eigenvalue weighted by Crippen LogP contribution is -2.76. The Morgan fingerprint density at radius 3 is 2.62 bits per heavy atom. The molecule has 0 bridgehead atoms. The Balaban J connectivity index is 2.22. The molecule has 128 valence electrons. The van der Waals surface area contributed by atoms with Gasteiger partial charge in [0.05, 0.1) is 10.0 Å². The smallest absolute Gasteiger partial charge is 0.352 e. The summed E-state index contributed by atoms with van der Waals surface area (Å²) >= 11 is 13.2. The van der Waals surface area contributed by atoms with E-state index in [0.717, 1.165) is 4.90 Å². The number of aliphatic carboxylic acids is 1. The Hall–Kier alpha value is -1.61. The van der Waals surface area contributed by atoms with Crippen molar-refractivity contribution in [2.24, 2.45) is 5.73 Å². The maximum absolute atomic E-state index is 12.2. The number of thioether (sulfide) groups is 1. The van der Waals surface area contributed by atoms with Gasteiger partial charge in [0, 0.05) is 16.9 Å². The van der Waals surface area contributed by atoms with Gasteiger partial charge in [-0.1, -0.05) is 23.2 Å². The van der Waals surface area contributed by atoms with Crippen LogP contribution in [0.2, 0.25) is 10.0 Å². The first kappa shape index (κ1) is 17.2. The molecule has 5 N–H and O–H groups in total. The molecule has 0 saturated carbocycles. The minimum absolute atomic E-state index is 0.138. The number of amides is 1. The molecule has 1 aromatic rings. The number of carboxylic acid groups (broad SMARTS) is 1. The van der Waals surface area contributed by atoms with Gasteiger partial charge in [-0.25, -0.2) is 4.79 Å². The van der Waals surface area contributed by atoms with Crippen molar-refractivity contribution in [2.75, 3.05) is 5.75 Å². The summed E-state index contributed by atoms with van der Waals surface area (Å²) < 4.78 is 0.